The number of sulfonamides is 1. The molecule has 0 spiro atoms. The van der Waals surface area contributed by atoms with Crippen molar-refractivity contribution in [1.29, 1.82) is 0 Å². The summed E-state index contributed by atoms with van der Waals surface area (Å²) >= 11 is 11.5. The van der Waals surface area contributed by atoms with Crippen molar-refractivity contribution in [3.63, 3.8) is 0 Å². The molecule has 0 aromatic heterocycles. The monoisotopic (exact) mass is 373 g/mol. The van der Waals surface area contributed by atoms with Crippen LogP contribution in [0.1, 0.15) is 16.8 Å². The van der Waals surface area contributed by atoms with Gasteiger partial charge in [0, 0.05) is 29.4 Å². The Hall–Kier alpha value is -0.670. The van der Waals surface area contributed by atoms with Crippen LogP contribution in [0.3, 0.4) is 0 Å². The summed E-state index contributed by atoms with van der Waals surface area (Å²) in [5.74, 6) is -1.06. The summed E-state index contributed by atoms with van der Waals surface area (Å²) in [7, 11) is -4.98. The quantitative estimate of drug-likeness (QED) is 0.708. The third-order valence-electron chi connectivity index (χ3n) is 2.46. The molecular weight excluding hydrogens is 361 g/mol. The molecule has 2 N–H and O–H groups in total. The zero-order valence-electron chi connectivity index (χ0n) is 10.9. The summed E-state index contributed by atoms with van der Waals surface area (Å²) in [5, 5.41) is 8.41. The van der Waals surface area contributed by atoms with Gasteiger partial charge in [0.15, 0.2) is 0 Å². The zero-order valence-corrected chi connectivity index (χ0v) is 14.1. The molecule has 0 saturated carbocycles. The smallest absolute Gasteiger partial charge is 0.338 e. The molecular formula is C11H13Cl2NO5S2. The van der Waals surface area contributed by atoms with E-state index < -0.39 is 37.4 Å². The first-order chi connectivity index (χ1) is 9.66. The number of benzene rings is 1. The first-order valence-electron chi connectivity index (χ1n) is 5.68. The van der Waals surface area contributed by atoms with E-state index in [4.69, 9.17) is 28.3 Å². The van der Waals surface area contributed by atoms with E-state index in [1.165, 1.54) is 6.26 Å². The minimum Gasteiger partial charge on any atom is -0.478 e. The third-order valence-corrected chi connectivity index (χ3v) is 5.65. The van der Waals surface area contributed by atoms with E-state index in [0.717, 1.165) is 12.1 Å². The zero-order chi connectivity index (χ0) is 16.2. The van der Waals surface area contributed by atoms with Crippen molar-refractivity contribution in [2.75, 3.05) is 18.6 Å². The normalized spacial score (nSPS) is 13.1. The molecule has 1 rings (SSSR count). The van der Waals surface area contributed by atoms with E-state index in [-0.39, 0.29) is 16.5 Å². The number of carboxylic acid groups (broad SMARTS) is 1. The molecule has 0 bridgehead atoms. The average molecular weight is 374 g/mol. The van der Waals surface area contributed by atoms with Crippen molar-refractivity contribution in [1.82, 2.24) is 4.72 Å². The van der Waals surface area contributed by atoms with Crippen LogP contribution in [0, 0.1) is 0 Å². The van der Waals surface area contributed by atoms with Gasteiger partial charge in [-0.3, -0.25) is 4.21 Å². The molecule has 0 saturated heterocycles. The first kappa shape index (κ1) is 18.4. The number of aromatic carboxylic acids is 1. The fourth-order valence-corrected chi connectivity index (χ4v) is 4.04. The highest BCUT2D eigenvalue weighted by molar-refractivity contribution is 7.89. The molecule has 0 heterocycles. The maximum atomic E-state index is 12.1. The predicted molar refractivity (Wildman–Crippen MR) is 82.2 cm³/mol. The topological polar surface area (TPSA) is 101 Å². The van der Waals surface area contributed by atoms with Crippen molar-refractivity contribution in [2.24, 2.45) is 0 Å². The van der Waals surface area contributed by atoms with Crippen LogP contribution in [-0.2, 0) is 20.8 Å². The highest BCUT2D eigenvalue weighted by Gasteiger charge is 2.24. The number of hydrogen-bond donors (Lipinski definition) is 2. The Morgan fingerprint density at radius 3 is 2.52 bits per heavy atom. The van der Waals surface area contributed by atoms with Crippen molar-refractivity contribution >= 4 is 50.0 Å². The Kier molecular flexibility index (Phi) is 6.61. The number of rotatable bonds is 7. The van der Waals surface area contributed by atoms with Crippen molar-refractivity contribution in [3.05, 3.63) is 27.7 Å². The minimum atomic E-state index is -3.96. The van der Waals surface area contributed by atoms with Gasteiger partial charge >= 0.3 is 5.97 Å². The lowest BCUT2D eigenvalue weighted by Crippen LogP contribution is -2.26. The van der Waals surface area contributed by atoms with Gasteiger partial charge in [-0.05, 0) is 18.6 Å². The van der Waals surface area contributed by atoms with Crippen molar-refractivity contribution in [2.45, 2.75) is 11.3 Å². The molecule has 1 aromatic carbocycles. The molecule has 0 fully saturated rings. The van der Waals surface area contributed by atoms with Crippen LogP contribution in [-0.4, -0.2) is 42.3 Å². The molecule has 118 valence electrons. The summed E-state index contributed by atoms with van der Waals surface area (Å²) in [5.41, 5.74) is -0.462. The molecule has 10 heteroatoms. The van der Waals surface area contributed by atoms with Crippen molar-refractivity contribution < 1.29 is 22.5 Å². The van der Waals surface area contributed by atoms with Gasteiger partial charge in [-0.2, -0.15) is 0 Å². The Balaban J connectivity index is 3.01. The fourth-order valence-electron chi connectivity index (χ4n) is 1.50. The predicted octanol–water partition coefficient (Wildman–Crippen LogP) is 1.74. The number of halogens is 2. The van der Waals surface area contributed by atoms with Crippen molar-refractivity contribution in [3.8, 4) is 0 Å². The molecule has 1 aromatic rings. The second kappa shape index (κ2) is 7.55. The van der Waals surface area contributed by atoms with Crippen LogP contribution >= 0.6 is 23.2 Å². The van der Waals surface area contributed by atoms with E-state index in [2.05, 4.69) is 4.72 Å². The second-order valence-electron chi connectivity index (χ2n) is 4.07. The molecule has 1 unspecified atom stereocenters. The maximum Gasteiger partial charge on any atom is 0.338 e. The summed E-state index contributed by atoms with van der Waals surface area (Å²) < 4.78 is 37.3. The van der Waals surface area contributed by atoms with Gasteiger partial charge in [-0.25, -0.2) is 17.9 Å². The van der Waals surface area contributed by atoms with Gasteiger partial charge in [0.1, 0.15) is 4.90 Å². The molecule has 0 aliphatic heterocycles. The lowest BCUT2D eigenvalue weighted by molar-refractivity contribution is 0.0697. The fraction of sp³-hybridized carbons (Fsp3) is 0.364. The van der Waals surface area contributed by atoms with Crippen LogP contribution in [0.15, 0.2) is 17.0 Å². The van der Waals surface area contributed by atoms with E-state index >= 15 is 0 Å². The maximum absolute atomic E-state index is 12.1. The Morgan fingerprint density at radius 2 is 2.00 bits per heavy atom. The van der Waals surface area contributed by atoms with Gasteiger partial charge in [0.25, 0.3) is 0 Å². The van der Waals surface area contributed by atoms with Gasteiger partial charge in [-0.1, -0.05) is 23.2 Å². The van der Waals surface area contributed by atoms with Crippen LogP contribution < -0.4 is 4.72 Å². The van der Waals surface area contributed by atoms with Gasteiger partial charge in [0.2, 0.25) is 10.0 Å². The van der Waals surface area contributed by atoms with Crippen LogP contribution in [0.5, 0.6) is 0 Å². The minimum absolute atomic E-state index is 0.0727. The molecule has 21 heavy (non-hydrogen) atoms. The molecule has 0 amide bonds. The standard InChI is InChI=1S/C11H13Cl2NO5S2/c1-20(17)6-2-5-14-21(18,19)8-4-3-7(12)9(10(8)13)11(15)16/h3-4,14H,2,5-6H2,1H3,(H,15,16). The number of hydrogen-bond acceptors (Lipinski definition) is 4. The highest BCUT2D eigenvalue weighted by Crippen LogP contribution is 2.30. The summed E-state index contributed by atoms with van der Waals surface area (Å²) in [6.07, 6.45) is 1.91. The Labute approximate surface area is 135 Å². The lowest BCUT2D eigenvalue weighted by atomic mass is 10.2. The SMILES string of the molecule is CS(=O)CCCNS(=O)(=O)c1ccc(Cl)c(C(=O)O)c1Cl. The van der Waals surface area contributed by atoms with Crippen LogP contribution in [0.2, 0.25) is 10.0 Å². The van der Waals surface area contributed by atoms with E-state index in [1.807, 2.05) is 0 Å². The third kappa shape index (κ3) is 4.93. The van der Waals surface area contributed by atoms with E-state index in [9.17, 15) is 17.4 Å². The van der Waals surface area contributed by atoms with Gasteiger partial charge in [-0.15, -0.1) is 0 Å². The van der Waals surface area contributed by atoms with Gasteiger partial charge in [0.05, 0.1) is 15.6 Å². The van der Waals surface area contributed by atoms with Crippen LogP contribution in [0.25, 0.3) is 0 Å². The van der Waals surface area contributed by atoms with Crippen LogP contribution in [0.4, 0.5) is 0 Å². The molecule has 1 atom stereocenters. The Bertz CT molecular complexity index is 675. The first-order valence-corrected chi connectivity index (χ1v) is 9.64. The number of nitrogens with one attached hydrogen (secondary N) is 1. The summed E-state index contributed by atoms with van der Waals surface area (Å²) in [4.78, 5) is 10.7. The average Bonchev–Trinajstić information content (AvgIpc) is 2.33. The molecule has 0 radical (unpaired) electrons. The summed E-state index contributed by atoms with van der Waals surface area (Å²) in [6, 6.07) is 2.30. The highest BCUT2D eigenvalue weighted by atomic mass is 35.5. The Morgan fingerprint density at radius 1 is 1.38 bits per heavy atom. The molecule has 6 nitrogen and oxygen atoms in total. The van der Waals surface area contributed by atoms with Gasteiger partial charge < -0.3 is 5.11 Å². The number of carbonyl (C=O) groups is 1. The van der Waals surface area contributed by atoms with E-state index in [1.54, 1.807) is 0 Å². The molecule has 0 aliphatic rings. The largest absolute Gasteiger partial charge is 0.478 e. The number of carboxylic acids is 1. The molecule has 0 aliphatic carbocycles. The summed E-state index contributed by atoms with van der Waals surface area (Å²) in [6.45, 7) is 0.0727. The lowest BCUT2D eigenvalue weighted by Gasteiger charge is -2.10. The second-order valence-corrected chi connectivity index (χ2v) is 8.14. The van der Waals surface area contributed by atoms with E-state index in [0.29, 0.717) is 12.2 Å².